The zero-order valence-corrected chi connectivity index (χ0v) is 17.1. The summed E-state index contributed by atoms with van der Waals surface area (Å²) < 4.78 is 0. The van der Waals surface area contributed by atoms with Gasteiger partial charge in [-0.05, 0) is 6.04 Å². The van der Waals surface area contributed by atoms with Gasteiger partial charge >= 0.3 is 0 Å². The van der Waals surface area contributed by atoms with Gasteiger partial charge in [-0.1, -0.05) is 122 Å². The molecule has 2 heteroatoms. The predicted octanol–water partition coefficient (Wildman–Crippen LogP) is 8.30. The first-order valence-electron chi connectivity index (χ1n) is 10.2. The quantitative estimate of drug-likeness (QED) is 0.125. The van der Waals surface area contributed by atoms with E-state index < -0.39 is 0 Å². The van der Waals surface area contributed by atoms with Crippen molar-refractivity contribution < 1.29 is 0 Å². The average molecular weight is 345 g/mol. The molecule has 0 heterocycles. The molecule has 132 valence electrons. The third-order valence-corrected chi connectivity index (χ3v) is 5.73. The van der Waals surface area contributed by atoms with Crippen LogP contribution in [0.3, 0.4) is 0 Å². The highest BCUT2D eigenvalue weighted by atomic mass is 35.6. The maximum Gasteiger partial charge on any atom is 0.171 e. The summed E-state index contributed by atoms with van der Waals surface area (Å²) in [7, 11) is 0.641. The van der Waals surface area contributed by atoms with Crippen molar-refractivity contribution in [1.82, 2.24) is 0 Å². The van der Waals surface area contributed by atoms with Crippen LogP contribution in [0.1, 0.15) is 122 Å². The molecule has 0 aliphatic rings. The second-order valence-electron chi connectivity index (χ2n) is 6.89. The molecular formula is C20H41ClSi. The summed E-state index contributed by atoms with van der Waals surface area (Å²) in [4.78, 5) is 0. The van der Waals surface area contributed by atoms with Crippen LogP contribution in [0.4, 0.5) is 0 Å². The summed E-state index contributed by atoms with van der Waals surface area (Å²) in [5.41, 5.74) is 0. The normalized spacial score (nSPS) is 11.2. The molecule has 0 unspecified atom stereocenters. The molecule has 0 fully saturated rings. The van der Waals surface area contributed by atoms with Crippen LogP contribution in [0, 0.1) is 0 Å². The Balaban J connectivity index is 2.91. The third kappa shape index (κ3) is 20.5. The molecule has 0 aliphatic heterocycles. The predicted molar refractivity (Wildman–Crippen MR) is 105 cm³/mol. The van der Waals surface area contributed by atoms with Crippen molar-refractivity contribution in [2.45, 2.75) is 129 Å². The summed E-state index contributed by atoms with van der Waals surface area (Å²) in [5.74, 6) is 0. The molecule has 0 saturated heterocycles. The Morgan fingerprint density at radius 3 is 1.00 bits per heavy atom. The van der Waals surface area contributed by atoms with Crippen molar-refractivity contribution >= 4 is 19.9 Å². The molecule has 0 saturated carbocycles. The van der Waals surface area contributed by atoms with E-state index in [1.165, 1.54) is 122 Å². The molecule has 2 radical (unpaired) electrons. The molecule has 0 nitrogen and oxygen atoms in total. The zero-order valence-electron chi connectivity index (χ0n) is 15.3. The SMILES string of the molecule is CCCCCCCCCCCCCCCCCCCC[Si]Cl. The van der Waals surface area contributed by atoms with Crippen LogP contribution < -0.4 is 0 Å². The van der Waals surface area contributed by atoms with Crippen molar-refractivity contribution in [3.8, 4) is 0 Å². The fourth-order valence-corrected chi connectivity index (χ4v) is 3.88. The van der Waals surface area contributed by atoms with E-state index in [4.69, 9.17) is 11.1 Å². The number of halogens is 1. The van der Waals surface area contributed by atoms with Gasteiger partial charge in [-0.2, -0.15) is 11.1 Å². The van der Waals surface area contributed by atoms with Gasteiger partial charge in [-0.15, -0.1) is 0 Å². The molecule has 0 aromatic heterocycles. The van der Waals surface area contributed by atoms with Gasteiger partial charge in [0.1, 0.15) is 0 Å². The minimum absolute atomic E-state index is 0.641. The molecule has 0 atom stereocenters. The minimum atomic E-state index is 0.641. The van der Waals surface area contributed by atoms with Gasteiger partial charge in [0, 0.05) is 0 Å². The number of hydrogen-bond donors (Lipinski definition) is 0. The first-order chi connectivity index (χ1) is 10.9. The number of rotatable bonds is 19. The molecule has 0 spiro atoms. The van der Waals surface area contributed by atoms with E-state index in [1.54, 1.807) is 0 Å². The number of unbranched alkanes of at least 4 members (excludes halogenated alkanes) is 17. The molecule has 0 rings (SSSR count). The lowest BCUT2D eigenvalue weighted by Crippen LogP contribution is -1.84. The lowest BCUT2D eigenvalue weighted by atomic mass is 10.0. The lowest BCUT2D eigenvalue weighted by molar-refractivity contribution is 0.526. The van der Waals surface area contributed by atoms with Gasteiger partial charge in [-0.3, -0.25) is 0 Å². The third-order valence-electron chi connectivity index (χ3n) is 4.62. The van der Waals surface area contributed by atoms with Crippen molar-refractivity contribution in [3.63, 3.8) is 0 Å². The van der Waals surface area contributed by atoms with Gasteiger partial charge < -0.3 is 0 Å². The fourth-order valence-electron chi connectivity index (χ4n) is 3.09. The van der Waals surface area contributed by atoms with Crippen molar-refractivity contribution in [1.29, 1.82) is 0 Å². The molecule has 22 heavy (non-hydrogen) atoms. The van der Waals surface area contributed by atoms with E-state index in [1.807, 2.05) is 0 Å². The Bertz CT molecular complexity index is 165. The van der Waals surface area contributed by atoms with Crippen LogP contribution in [0.5, 0.6) is 0 Å². The zero-order chi connectivity index (χ0) is 16.1. The first kappa shape index (κ1) is 22.5. The highest BCUT2D eigenvalue weighted by molar-refractivity contribution is 6.93. The molecule has 0 amide bonds. The average Bonchev–Trinajstić information content (AvgIpc) is 2.54. The topological polar surface area (TPSA) is 0 Å². The number of hydrogen-bond acceptors (Lipinski definition) is 0. The fraction of sp³-hybridized carbons (Fsp3) is 1.00. The highest BCUT2D eigenvalue weighted by Crippen LogP contribution is 2.14. The monoisotopic (exact) mass is 344 g/mol. The molecular weight excluding hydrogens is 304 g/mol. The Kier molecular flexibility index (Phi) is 22.0. The largest absolute Gasteiger partial charge is 0.171 e. The van der Waals surface area contributed by atoms with E-state index in [2.05, 4.69) is 6.92 Å². The van der Waals surface area contributed by atoms with Gasteiger partial charge in [-0.25, -0.2) is 0 Å². The minimum Gasteiger partial charge on any atom is -0.171 e. The highest BCUT2D eigenvalue weighted by Gasteiger charge is 1.95. The smallest absolute Gasteiger partial charge is 0.171 e. The second kappa shape index (κ2) is 21.5. The Morgan fingerprint density at radius 2 is 0.727 bits per heavy atom. The first-order valence-corrected chi connectivity index (χ1v) is 12.5. The van der Waals surface area contributed by atoms with Gasteiger partial charge in [0.2, 0.25) is 0 Å². The summed E-state index contributed by atoms with van der Waals surface area (Å²) in [6, 6.07) is 1.24. The van der Waals surface area contributed by atoms with Crippen molar-refractivity contribution in [2.75, 3.05) is 0 Å². The maximum atomic E-state index is 5.71. The maximum absolute atomic E-state index is 5.71. The van der Waals surface area contributed by atoms with Crippen LogP contribution >= 0.6 is 11.1 Å². The summed E-state index contributed by atoms with van der Waals surface area (Å²) in [5, 5.41) is 0. The Hall–Kier alpha value is 0.507. The summed E-state index contributed by atoms with van der Waals surface area (Å²) in [6.07, 6.45) is 26.1. The molecule has 0 N–H and O–H groups in total. The van der Waals surface area contributed by atoms with E-state index in [9.17, 15) is 0 Å². The van der Waals surface area contributed by atoms with Gasteiger partial charge in [0.25, 0.3) is 0 Å². The van der Waals surface area contributed by atoms with E-state index in [0.717, 1.165) is 0 Å². The van der Waals surface area contributed by atoms with Crippen LogP contribution in [0.25, 0.3) is 0 Å². The molecule has 0 aliphatic carbocycles. The van der Waals surface area contributed by atoms with E-state index >= 15 is 0 Å². The van der Waals surface area contributed by atoms with Crippen LogP contribution in [0.15, 0.2) is 0 Å². The summed E-state index contributed by atoms with van der Waals surface area (Å²) in [6.45, 7) is 2.30. The molecule has 0 aromatic carbocycles. The molecule has 0 bridgehead atoms. The van der Waals surface area contributed by atoms with Gasteiger partial charge in [0.15, 0.2) is 8.83 Å². The Labute approximate surface area is 148 Å². The van der Waals surface area contributed by atoms with Crippen molar-refractivity contribution in [3.05, 3.63) is 0 Å². The van der Waals surface area contributed by atoms with Crippen LogP contribution in [-0.4, -0.2) is 8.83 Å². The van der Waals surface area contributed by atoms with Crippen LogP contribution in [-0.2, 0) is 0 Å². The van der Waals surface area contributed by atoms with Crippen LogP contribution in [0.2, 0.25) is 6.04 Å². The lowest BCUT2D eigenvalue weighted by Gasteiger charge is -2.03. The standard InChI is InChI=1S/C20H41ClSi/c1-2-3-4-5-6-7-8-9-10-11-12-13-14-15-16-17-18-19-20-22-21/h2-20H2,1H3. The van der Waals surface area contributed by atoms with E-state index in [-0.39, 0.29) is 0 Å². The second-order valence-corrected chi connectivity index (χ2v) is 8.46. The summed E-state index contributed by atoms with van der Waals surface area (Å²) >= 11 is 5.71. The van der Waals surface area contributed by atoms with Gasteiger partial charge in [0.05, 0.1) is 0 Å². The van der Waals surface area contributed by atoms with E-state index in [0.29, 0.717) is 8.83 Å². The Morgan fingerprint density at radius 1 is 0.455 bits per heavy atom. The molecule has 0 aromatic rings. The van der Waals surface area contributed by atoms with Crippen molar-refractivity contribution in [2.24, 2.45) is 0 Å².